The number of hydrogen-bond acceptors (Lipinski definition) is 2. The Bertz CT molecular complexity index is 395. The average Bonchev–Trinajstić information content (AvgIpc) is 2.53. The largest absolute Gasteiger partial charge is 0.387 e. The van der Waals surface area contributed by atoms with Gasteiger partial charge in [-0.2, -0.15) is 0 Å². The van der Waals surface area contributed by atoms with E-state index < -0.39 is 5.60 Å². The molecular formula is C12H14Cl2O2. The molecule has 0 radical (unpaired) electrons. The zero-order valence-corrected chi connectivity index (χ0v) is 10.6. The van der Waals surface area contributed by atoms with E-state index in [0.29, 0.717) is 29.5 Å². The maximum absolute atomic E-state index is 10.4. The van der Waals surface area contributed by atoms with Crippen molar-refractivity contribution in [3.8, 4) is 0 Å². The summed E-state index contributed by atoms with van der Waals surface area (Å²) >= 11 is 12.0. The molecule has 1 heterocycles. The van der Waals surface area contributed by atoms with Gasteiger partial charge in [0.2, 0.25) is 0 Å². The van der Waals surface area contributed by atoms with E-state index >= 15 is 0 Å². The Kier molecular flexibility index (Phi) is 3.45. The van der Waals surface area contributed by atoms with Gasteiger partial charge < -0.3 is 9.84 Å². The second-order valence-corrected chi connectivity index (χ2v) is 5.12. The molecule has 0 bridgehead atoms. The summed E-state index contributed by atoms with van der Waals surface area (Å²) in [5.74, 6) is 0. The lowest BCUT2D eigenvalue weighted by atomic mass is 9.89. The first-order chi connectivity index (χ1) is 7.51. The third-order valence-electron chi connectivity index (χ3n) is 3.16. The number of ether oxygens (including phenoxy) is 1. The van der Waals surface area contributed by atoms with Gasteiger partial charge in [0.05, 0.1) is 11.7 Å². The lowest BCUT2D eigenvalue weighted by molar-refractivity contribution is -0.0268. The van der Waals surface area contributed by atoms with Gasteiger partial charge in [-0.3, -0.25) is 0 Å². The van der Waals surface area contributed by atoms with E-state index in [4.69, 9.17) is 27.9 Å². The average molecular weight is 261 g/mol. The summed E-state index contributed by atoms with van der Waals surface area (Å²) in [6.07, 6.45) is 0.951. The first-order valence-electron chi connectivity index (χ1n) is 5.29. The van der Waals surface area contributed by atoms with Crippen LogP contribution in [0.5, 0.6) is 0 Å². The van der Waals surface area contributed by atoms with Gasteiger partial charge in [0.1, 0.15) is 0 Å². The van der Waals surface area contributed by atoms with Crippen LogP contribution in [0.3, 0.4) is 0 Å². The van der Waals surface area contributed by atoms with Gasteiger partial charge in [-0.05, 0) is 30.7 Å². The molecule has 1 saturated heterocycles. The van der Waals surface area contributed by atoms with Crippen molar-refractivity contribution in [1.82, 2.24) is 0 Å². The number of halogens is 2. The monoisotopic (exact) mass is 260 g/mol. The van der Waals surface area contributed by atoms with Crippen LogP contribution in [0.15, 0.2) is 18.2 Å². The fraction of sp³-hybridized carbons (Fsp3) is 0.500. The molecule has 0 spiro atoms. The predicted molar refractivity (Wildman–Crippen MR) is 65.1 cm³/mol. The normalized spacial score (nSPS) is 29.6. The Morgan fingerprint density at radius 3 is 2.88 bits per heavy atom. The second-order valence-electron chi connectivity index (χ2n) is 4.28. The highest BCUT2D eigenvalue weighted by Crippen LogP contribution is 2.32. The zero-order chi connectivity index (χ0) is 11.8. The number of rotatable bonds is 2. The Balaban J connectivity index is 2.23. The lowest BCUT2D eigenvalue weighted by Crippen LogP contribution is -2.38. The molecule has 88 valence electrons. The van der Waals surface area contributed by atoms with Crippen molar-refractivity contribution in [2.75, 3.05) is 6.61 Å². The van der Waals surface area contributed by atoms with Crippen LogP contribution in [0.25, 0.3) is 0 Å². The molecule has 16 heavy (non-hydrogen) atoms. The van der Waals surface area contributed by atoms with Crippen molar-refractivity contribution in [1.29, 1.82) is 0 Å². The fourth-order valence-electron chi connectivity index (χ4n) is 2.01. The smallest absolute Gasteiger partial charge is 0.0967 e. The minimum atomic E-state index is -0.825. The van der Waals surface area contributed by atoms with Crippen LogP contribution >= 0.6 is 23.2 Å². The van der Waals surface area contributed by atoms with Crippen molar-refractivity contribution in [3.63, 3.8) is 0 Å². The van der Waals surface area contributed by atoms with Crippen LogP contribution in [0.1, 0.15) is 18.9 Å². The molecule has 1 aromatic rings. The molecule has 1 aromatic carbocycles. The maximum atomic E-state index is 10.4. The minimum absolute atomic E-state index is 0.164. The minimum Gasteiger partial charge on any atom is -0.387 e. The topological polar surface area (TPSA) is 29.5 Å². The summed E-state index contributed by atoms with van der Waals surface area (Å²) in [6, 6.07) is 5.29. The van der Waals surface area contributed by atoms with Crippen molar-refractivity contribution in [2.45, 2.75) is 31.5 Å². The third-order valence-corrected chi connectivity index (χ3v) is 3.77. The zero-order valence-electron chi connectivity index (χ0n) is 9.04. The van der Waals surface area contributed by atoms with Gasteiger partial charge >= 0.3 is 0 Å². The molecule has 0 aromatic heterocycles. The summed E-state index contributed by atoms with van der Waals surface area (Å²) < 4.78 is 5.38. The SMILES string of the molecule is CC1OCCC1(O)Cc1cc(Cl)ccc1Cl. The standard InChI is InChI=1S/C12H14Cl2O2/c1-8-12(15,4-5-16-8)7-9-6-10(13)2-3-11(9)14/h2-3,6,8,15H,4-5,7H2,1H3. The molecule has 1 aliphatic rings. The number of hydrogen-bond donors (Lipinski definition) is 1. The number of benzene rings is 1. The van der Waals surface area contributed by atoms with Gasteiger partial charge in [0, 0.05) is 29.5 Å². The van der Waals surface area contributed by atoms with E-state index in [1.54, 1.807) is 18.2 Å². The van der Waals surface area contributed by atoms with Gasteiger partial charge in [-0.1, -0.05) is 23.2 Å². The highest BCUT2D eigenvalue weighted by molar-refractivity contribution is 6.33. The molecule has 2 unspecified atom stereocenters. The molecule has 2 rings (SSSR count). The van der Waals surface area contributed by atoms with E-state index in [-0.39, 0.29) is 6.10 Å². The Morgan fingerprint density at radius 1 is 1.50 bits per heavy atom. The van der Waals surface area contributed by atoms with Crippen LogP contribution in [-0.2, 0) is 11.2 Å². The summed E-state index contributed by atoms with van der Waals surface area (Å²) in [6.45, 7) is 2.47. The summed E-state index contributed by atoms with van der Waals surface area (Å²) in [5.41, 5.74) is 0.0444. The molecule has 0 saturated carbocycles. The third kappa shape index (κ3) is 2.35. The van der Waals surface area contributed by atoms with Gasteiger partial charge in [-0.15, -0.1) is 0 Å². The highest BCUT2D eigenvalue weighted by atomic mass is 35.5. The van der Waals surface area contributed by atoms with Crippen LogP contribution in [0, 0.1) is 0 Å². The van der Waals surface area contributed by atoms with Crippen LogP contribution < -0.4 is 0 Å². The maximum Gasteiger partial charge on any atom is 0.0967 e. The summed E-state index contributed by atoms with van der Waals surface area (Å²) in [4.78, 5) is 0. The number of aliphatic hydroxyl groups is 1. The molecule has 1 fully saturated rings. The predicted octanol–water partition coefficient (Wildman–Crippen LogP) is 3.08. The van der Waals surface area contributed by atoms with Gasteiger partial charge in [0.15, 0.2) is 0 Å². The van der Waals surface area contributed by atoms with Gasteiger partial charge in [-0.25, -0.2) is 0 Å². The quantitative estimate of drug-likeness (QED) is 0.886. The molecule has 0 amide bonds. The van der Waals surface area contributed by atoms with E-state index in [0.717, 1.165) is 5.56 Å². The molecular weight excluding hydrogens is 247 g/mol. The van der Waals surface area contributed by atoms with E-state index in [1.807, 2.05) is 6.92 Å². The molecule has 2 nitrogen and oxygen atoms in total. The molecule has 1 aliphatic heterocycles. The van der Waals surface area contributed by atoms with Crippen molar-refractivity contribution < 1.29 is 9.84 Å². The molecule has 4 heteroatoms. The van der Waals surface area contributed by atoms with Crippen molar-refractivity contribution >= 4 is 23.2 Å². The molecule has 2 atom stereocenters. The first-order valence-corrected chi connectivity index (χ1v) is 6.05. The summed E-state index contributed by atoms with van der Waals surface area (Å²) in [7, 11) is 0. The molecule has 0 aliphatic carbocycles. The van der Waals surface area contributed by atoms with Gasteiger partial charge in [0.25, 0.3) is 0 Å². The van der Waals surface area contributed by atoms with Crippen LogP contribution in [-0.4, -0.2) is 23.4 Å². The Hall–Kier alpha value is -0.280. The lowest BCUT2D eigenvalue weighted by Gasteiger charge is -2.26. The van der Waals surface area contributed by atoms with E-state index in [1.165, 1.54) is 0 Å². The highest BCUT2D eigenvalue weighted by Gasteiger charge is 2.39. The Morgan fingerprint density at radius 2 is 2.25 bits per heavy atom. The van der Waals surface area contributed by atoms with Crippen LogP contribution in [0.4, 0.5) is 0 Å². The molecule has 1 N–H and O–H groups in total. The Labute approximate surface area is 105 Å². The van der Waals surface area contributed by atoms with Crippen LogP contribution in [0.2, 0.25) is 10.0 Å². The van der Waals surface area contributed by atoms with E-state index in [2.05, 4.69) is 0 Å². The van der Waals surface area contributed by atoms with E-state index in [9.17, 15) is 5.11 Å². The van der Waals surface area contributed by atoms with Crippen molar-refractivity contribution in [2.24, 2.45) is 0 Å². The fourth-order valence-corrected chi connectivity index (χ4v) is 2.39. The summed E-state index contributed by atoms with van der Waals surface area (Å²) in [5, 5.41) is 11.7. The second kappa shape index (κ2) is 4.53. The first kappa shape index (κ1) is 12.2. The van der Waals surface area contributed by atoms with Crippen molar-refractivity contribution in [3.05, 3.63) is 33.8 Å².